The third kappa shape index (κ3) is 4.86. The first-order valence-electron chi connectivity index (χ1n) is 12.6. The molecular formula is C27H32N5O3S+. The molecule has 3 heterocycles. The molecule has 0 bridgehead atoms. The van der Waals surface area contributed by atoms with Crippen LogP contribution in [0.15, 0.2) is 48.5 Å². The number of thiazole rings is 1. The molecule has 8 nitrogen and oxygen atoms in total. The second-order valence-corrected chi connectivity index (χ2v) is 10.6. The second kappa shape index (κ2) is 10.4. The van der Waals surface area contributed by atoms with Crippen LogP contribution in [-0.2, 0) is 0 Å². The summed E-state index contributed by atoms with van der Waals surface area (Å²) >= 11 is 1.20. The van der Waals surface area contributed by atoms with Gasteiger partial charge < -0.3 is 21.5 Å². The van der Waals surface area contributed by atoms with Gasteiger partial charge in [-0.25, -0.2) is 9.78 Å². The molecule has 5 N–H and O–H groups in total. The van der Waals surface area contributed by atoms with Crippen LogP contribution in [0.1, 0.15) is 57.7 Å². The van der Waals surface area contributed by atoms with Crippen LogP contribution < -0.4 is 20.9 Å². The number of aromatic carboxylic acids is 1. The van der Waals surface area contributed by atoms with Gasteiger partial charge in [0.25, 0.3) is 0 Å². The number of likely N-dealkylation sites (tertiary alicyclic amines) is 1. The molecule has 1 aromatic heterocycles. The fourth-order valence-corrected chi connectivity index (χ4v) is 6.49. The number of carboxylic acid groups (broad SMARTS) is 1. The Hall–Kier alpha value is -3.27. The first-order chi connectivity index (χ1) is 17.5. The summed E-state index contributed by atoms with van der Waals surface area (Å²) < 4.78 is 1.09. The highest BCUT2D eigenvalue weighted by atomic mass is 32.1. The van der Waals surface area contributed by atoms with E-state index in [1.54, 1.807) is 0 Å². The van der Waals surface area contributed by atoms with Gasteiger partial charge >= 0.3 is 5.97 Å². The third-order valence-corrected chi connectivity index (χ3v) is 8.49. The smallest absolute Gasteiger partial charge is 0.335 e. The van der Waals surface area contributed by atoms with Gasteiger partial charge in [0.05, 0.1) is 24.7 Å². The minimum atomic E-state index is -1.03. The maximum absolute atomic E-state index is 12.9. The topological polar surface area (TPSA) is 117 Å². The number of carboxylic acids is 1. The Morgan fingerprint density at radius 1 is 0.972 bits per heavy atom. The van der Waals surface area contributed by atoms with Crippen LogP contribution in [0.25, 0.3) is 0 Å². The average molecular weight is 507 g/mol. The molecule has 0 spiro atoms. The molecule has 0 saturated carbocycles. The number of carbonyl (C=O) groups is 2. The van der Waals surface area contributed by atoms with Gasteiger partial charge in [-0.2, -0.15) is 0 Å². The lowest BCUT2D eigenvalue weighted by atomic mass is 9.95. The van der Waals surface area contributed by atoms with Crippen LogP contribution in [0.2, 0.25) is 0 Å². The van der Waals surface area contributed by atoms with Crippen LogP contribution in [0.5, 0.6) is 0 Å². The number of rotatable bonds is 7. The van der Waals surface area contributed by atoms with Crippen molar-refractivity contribution in [3.8, 4) is 0 Å². The van der Waals surface area contributed by atoms with Gasteiger partial charge in [-0.3, -0.25) is 9.28 Å². The molecule has 0 amide bonds. The number of ketones is 1. The summed E-state index contributed by atoms with van der Waals surface area (Å²) in [5.41, 5.74) is 8.85. The van der Waals surface area contributed by atoms with E-state index in [4.69, 9.17) is 10.8 Å². The Morgan fingerprint density at radius 3 is 2.25 bits per heavy atom. The normalized spacial score (nSPS) is 18.0. The van der Waals surface area contributed by atoms with Crippen molar-refractivity contribution in [2.75, 3.05) is 37.2 Å². The summed E-state index contributed by atoms with van der Waals surface area (Å²) in [6.45, 7) is 4.61. The standard InChI is InChI=1S/C27H31N5O3S/c28-25-24(23(33)18-4-6-19(7-5-18)26(34)35)36-27(31-25)30-20-8-10-21(11-9-20)32(16-2-1-3-17-32)22-12-14-29-15-13-22/h4-11,22,29H,1-3,12-17H2,(H3-,28,30,31,33,34,35)/p+1. The molecule has 2 fully saturated rings. The fourth-order valence-electron chi connectivity index (χ4n) is 5.62. The van der Waals surface area contributed by atoms with Crippen molar-refractivity contribution >= 4 is 45.4 Å². The molecule has 0 unspecified atom stereocenters. The molecule has 5 rings (SSSR count). The molecule has 9 heteroatoms. The summed E-state index contributed by atoms with van der Waals surface area (Å²) in [6, 6.07) is 15.2. The van der Waals surface area contributed by atoms with E-state index in [-0.39, 0.29) is 17.2 Å². The summed E-state index contributed by atoms with van der Waals surface area (Å²) in [5, 5.41) is 16.4. The molecule has 36 heavy (non-hydrogen) atoms. The van der Waals surface area contributed by atoms with Crippen molar-refractivity contribution in [2.45, 2.75) is 38.1 Å². The Labute approximate surface area is 214 Å². The number of nitrogens with zero attached hydrogens (tertiary/aromatic N) is 2. The zero-order valence-electron chi connectivity index (χ0n) is 20.2. The number of aromatic nitrogens is 1. The maximum atomic E-state index is 12.9. The van der Waals surface area contributed by atoms with Gasteiger partial charge in [0.2, 0.25) is 5.78 Å². The molecule has 188 valence electrons. The summed E-state index contributed by atoms with van der Waals surface area (Å²) in [4.78, 5) is 28.7. The van der Waals surface area contributed by atoms with Crippen molar-refractivity contribution in [3.05, 3.63) is 64.5 Å². The number of benzene rings is 2. The van der Waals surface area contributed by atoms with E-state index >= 15 is 0 Å². The molecule has 0 aliphatic carbocycles. The number of hydrogen-bond acceptors (Lipinski definition) is 7. The van der Waals surface area contributed by atoms with E-state index in [0.29, 0.717) is 21.6 Å². The molecule has 0 atom stereocenters. The van der Waals surface area contributed by atoms with Gasteiger partial charge in [-0.05, 0) is 43.5 Å². The number of hydrogen-bond donors (Lipinski definition) is 4. The average Bonchev–Trinajstić information content (AvgIpc) is 3.29. The van der Waals surface area contributed by atoms with E-state index in [1.165, 1.54) is 86.5 Å². The first-order valence-corrected chi connectivity index (χ1v) is 13.4. The number of nitrogen functional groups attached to an aromatic ring is 1. The minimum Gasteiger partial charge on any atom is -0.478 e. The SMILES string of the molecule is Nc1nc(Nc2ccc([N+]3(C4CCNCC4)CCCCC3)cc2)sc1C(=O)c1ccc(C(=O)O)cc1. The second-order valence-electron chi connectivity index (χ2n) is 9.64. The van der Waals surface area contributed by atoms with E-state index in [2.05, 4.69) is 39.9 Å². The summed E-state index contributed by atoms with van der Waals surface area (Å²) in [6.07, 6.45) is 6.31. The lowest BCUT2D eigenvalue weighted by molar-refractivity contribution is 0.0696. The van der Waals surface area contributed by atoms with Gasteiger partial charge in [-0.15, -0.1) is 0 Å². The Bertz CT molecular complexity index is 1230. The molecule has 0 radical (unpaired) electrons. The summed E-state index contributed by atoms with van der Waals surface area (Å²) in [5.74, 6) is -1.15. The number of nitrogens with one attached hydrogen (secondary N) is 2. The van der Waals surface area contributed by atoms with E-state index < -0.39 is 5.97 Å². The number of carbonyl (C=O) groups excluding carboxylic acids is 1. The van der Waals surface area contributed by atoms with Crippen LogP contribution in [0.4, 0.5) is 22.3 Å². The lowest BCUT2D eigenvalue weighted by Crippen LogP contribution is -2.62. The van der Waals surface area contributed by atoms with E-state index in [1.807, 2.05) is 0 Å². The zero-order chi connectivity index (χ0) is 25.1. The third-order valence-electron chi connectivity index (χ3n) is 7.51. The van der Waals surface area contributed by atoms with Crippen molar-refractivity contribution in [1.29, 1.82) is 0 Å². The highest BCUT2D eigenvalue weighted by Gasteiger charge is 2.40. The van der Waals surface area contributed by atoms with E-state index in [9.17, 15) is 9.59 Å². The number of quaternary nitrogens is 1. The highest BCUT2D eigenvalue weighted by Crippen LogP contribution is 2.36. The molecule has 2 aliphatic heterocycles. The number of piperidine rings is 2. The number of nitrogens with two attached hydrogens (primary N) is 1. The van der Waals surface area contributed by atoms with Crippen LogP contribution in [0, 0.1) is 0 Å². The monoisotopic (exact) mass is 506 g/mol. The molecular weight excluding hydrogens is 474 g/mol. The Balaban J connectivity index is 1.32. The Kier molecular flexibility index (Phi) is 7.04. The fraction of sp³-hybridized carbons (Fsp3) is 0.370. The first kappa shape index (κ1) is 24.4. The minimum absolute atomic E-state index is 0.128. The predicted molar refractivity (Wildman–Crippen MR) is 144 cm³/mol. The number of anilines is 3. The molecule has 2 aromatic carbocycles. The van der Waals surface area contributed by atoms with Crippen LogP contribution >= 0.6 is 11.3 Å². The Morgan fingerprint density at radius 2 is 1.61 bits per heavy atom. The van der Waals surface area contributed by atoms with Gasteiger partial charge in [0.15, 0.2) is 5.13 Å². The van der Waals surface area contributed by atoms with Gasteiger partial charge in [0.1, 0.15) is 16.4 Å². The van der Waals surface area contributed by atoms with Crippen molar-refractivity contribution in [2.24, 2.45) is 0 Å². The van der Waals surface area contributed by atoms with Gasteiger partial charge in [-0.1, -0.05) is 23.5 Å². The maximum Gasteiger partial charge on any atom is 0.335 e. The van der Waals surface area contributed by atoms with Crippen LogP contribution in [-0.4, -0.2) is 54.1 Å². The predicted octanol–water partition coefficient (Wildman–Crippen LogP) is 4.64. The summed E-state index contributed by atoms with van der Waals surface area (Å²) in [7, 11) is 0. The molecule has 2 saturated heterocycles. The largest absolute Gasteiger partial charge is 0.478 e. The molecule has 2 aliphatic rings. The van der Waals surface area contributed by atoms with Crippen LogP contribution in [0.3, 0.4) is 0 Å². The quantitative estimate of drug-likeness (QED) is 0.272. The zero-order valence-corrected chi connectivity index (χ0v) is 21.0. The van der Waals surface area contributed by atoms with E-state index in [0.717, 1.165) is 23.3 Å². The van der Waals surface area contributed by atoms with Crippen molar-refractivity contribution in [3.63, 3.8) is 0 Å². The van der Waals surface area contributed by atoms with Gasteiger partial charge in [0, 0.05) is 49.3 Å². The molecule has 3 aromatic rings. The van der Waals surface area contributed by atoms with Crippen molar-refractivity contribution in [1.82, 2.24) is 14.8 Å². The lowest BCUT2D eigenvalue weighted by Gasteiger charge is -2.48. The highest BCUT2D eigenvalue weighted by molar-refractivity contribution is 7.18. The van der Waals surface area contributed by atoms with Crippen molar-refractivity contribution < 1.29 is 14.7 Å².